The molecule has 0 aliphatic heterocycles. The number of carbonyl (C=O) groups is 1. The second kappa shape index (κ2) is 5.92. The molecule has 2 N–H and O–H groups in total. The number of halogens is 1. The molecule has 124 valence electrons. The quantitative estimate of drug-likeness (QED) is 0.742. The predicted molar refractivity (Wildman–Crippen MR) is 89.1 cm³/mol. The summed E-state index contributed by atoms with van der Waals surface area (Å²) in [5.41, 5.74) is 1.06. The monoisotopic (exact) mass is 328 g/mol. The lowest BCUT2D eigenvalue weighted by molar-refractivity contribution is 0.0635. The zero-order valence-electron chi connectivity index (χ0n) is 13.6. The van der Waals surface area contributed by atoms with Crippen molar-refractivity contribution < 1.29 is 13.9 Å². The van der Waals surface area contributed by atoms with Gasteiger partial charge in [-0.1, -0.05) is 0 Å². The fourth-order valence-corrected chi connectivity index (χ4v) is 2.22. The van der Waals surface area contributed by atoms with Crippen molar-refractivity contribution in [3.63, 3.8) is 0 Å². The number of benzene rings is 1. The van der Waals surface area contributed by atoms with Gasteiger partial charge in [0.25, 0.3) is 0 Å². The van der Waals surface area contributed by atoms with Crippen LogP contribution < -0.4 is 5.32 Å². The summed E-state index contributed by atoms with van der Waals surface area (Å²) in [6.07, 6.45) is 2.54. The molecule has 1 aromatic carbocycles. The van der Waals surface area contributed by atoms with Crippen LogP contribution in [0.25, 0.3) is 22.0 Å². The van der Waals surface area contributed by atoms with Crippen molar-refractivity contribution in [3.8, 4) is 11.1 Å². The number of amides is 1. The van der Waals surface area contributed by atoms with Gasteiger partial charge in [-0.2, -0.15) is 5.10 Å². The maximum atomic E-state index is 14.2. The summed E-state index contributed by atoms with van der Waals surface area (Å²) in [7, 11) is 0. The summed E-state index contributed by atoms with van der Waals surface area (Å²) < 4.78 is 19.4. The van der Waals surface area contributed by atoms with Gasteiger partial charge in [-0.25, -0.2) is 14.2 Å². The largest absolute Gasteiger partial charge is 0.444 e. The Bertz CT molecular complexity index is 882. The van der Waals surface area contributed by atoms with Crippen molar-refractivity contribution in [3.05, 3.63) is 42.5 Å². The Morgan fingerprint density at radius 1 is 1.25 bits per heavy atom. The molecule has 3 aromatic rings. The summed E-state index contributed by atoms with van der Waals surface area (Å²) >= 11 is 0. The van der Waals surface area contributed by atoms with Gasteiger partial charge >= 0.3 is 6.09 Å². The summed E-state index contributed by atoms with van der Waals surface area (Å²) in [5.74, 6) is -0.0424. The first-order chi connectivity index (χ1) is 11.3. The molecule has 0 unspecified atom stereocenters. The Hall–Kier alpha value is -2.96. The van der Waals surface area contributed by atoms with Gasteiger partial charge < -0.3 is 4.74 Å². The highest BCUT2D eigenvalue weighted by molar-refractivity contribution is 5.86. The molecule has 0 aliphatic rings. The number of ether oxygens (including phenoxy) is 1. The molecule has 0 saturated heterocycles. The lowest BCUT2D eigenvalue weighted by Gasteiger charge is -2.19. The molecular weight excluding hydrogens is 311 g/mol. The Morgan fingerprint density at radius 2 is 2.04 bits per heavy atom. The Morgan fingerprint density at radius 3 is 2.71 bits per heavy atom. The minimum absolute atomic E-state index is 0.331. The topological polar surface area (TPSA) is 79.9 Å². The van der Waals surface area contributed by atoms with Crippen molar-refractivity contribution in [1.82, 2.24) is 15.2 Å². The number of H-pyrrole nitrogens is 1. The second-order valence-corrected chi connectivity index (χ2v) is 6.35. The molecule has 24 heavy (non-hydrogen) atoms. The molecule has 7 heteroatoms. The zero-order chi connectivity index (χ0) is 17.3. The number of aromatic amines is 1. The van der Waals surface area contributed by atoms with E-state index in [1.54, 1.807) is 45.2 Å². The van der Waals surface area contributed by atoms with E-state index in [2.05, 4.69) is 20.5 Å². The van der Waals surface area contributed by atoms with Gasteiger partial charge in [0, 0.05) is 28.8 Å². The molecule has 0 spiro atoms. The maximum absolute atomic E-state index is 14.2. The van der Waals surface area contributed by atoms with Crippen LogP contribution in [0, 0.1) is 5.82 Å². The van der Waals surface area contributed by atoms with Crippen LogP contribution in [0.1, 0.15) is 20.8 Å². The fraction of sp³-hybridized carbons (Fsp3) is 0.235. The smallest absolute Gasteiger partial charge is 0.413 e. The van der Waals surface area contributed by atoms with E-state index in [1.807, 2.05) is 0 Å². The van der Waals surface area contributed by atoms with Crippen LogP contribution in [-0.2, 0) is 4.74 Å². The first-order valence-corrected chi connectivity index (χ1v) is 7.41. The molecule has 0 fully saturated rings. The standard InChI is InChI=1S/C17H17FN4O2/c1-17(2,3)24-16(23)21-15-5-4-10(8-19-15)12-6-11-9-20-22-14(11)7-13(12)18/h4-9H,1-3H3,(H,20,22)(H,19,21,23). The number of nitrogens with one attached hydrogen (secondary N) is 2. The third-order valence-electron chi connectivity index (χ3n) is 3.23. The van der Waals surface area contributed by atoms with Gasteiger partial charge in [0.05, 0.1) is 11.7 Å². The van der Waals surface area contributed by atoms with Gasteiger partial charge in [0.2, 0.25) is 0 Å². The fourth-order valence-electron chi connectivity index (χ4n) is 2.22. The van der Waals surface area contributed by atoms with Crippen LogP contribution >= 0.6 is 0 Å². The van der Waals surface area contributed by atoms with Crippen LogP contribution in [-0.4, -0.2) is 26.9 Å². The molecule has 2 aromatic heterocycles. The van der Waals surface area contributed by atoms with Crippen LogP contribution in [0.5, 0.6) is 0 Å². The highest BCUT2D eigenvalue weighted by Gasteiger charge is 2.16. The average Bonchev–Trinajstić information content (AvgIpc) is 2.92. The summed E-state index contributed by atoms with van der Waals surface area (Å²) in [5, 5.41) is 9.95. The van der Waals surface area contributed by atoms with Gasteiger partial charge in [-0.3, -0.25) is 10.4 Å². The third-order valence-corrected chi connectivity index (χ3v) is 3.23. The predicted octanol–water partition coefficient (Wildman–Crippen LogP) is 4.11. The Balaban J connectivity index is 1.81. The van der Waals surface area contributed by atoms with E-state index in [9.17, 15) is 9.18 Å². The highest BCUT2D eigenvalue weighted by Crippen LogP contribution is 2.27. The molecule has 3 rings (SSSR count). The van der Waals surface area contributed by atoms with Crippen molar-refractivity contribution in [2.45, 2.75) is 26.4 Å². The Labute approximate surface area is 138 Å². The number of fused-ring (bicyclic) bond motifs is 1. The van der Waals surface area contributed by atoms with Crippen molar-refractivity contribution >= 4 is 22.8 Å². The average molecular weight is 328 g/mol. The first-order valence-electron chi connectivity index (χ1n) is 7.41. The van der Waals surface area contributed by atoms with Crippen LogP contribution in [0.2, 0.25) is 0 Å². The molecule has 0 radical (unpaired) electrons. The van der Waals surface area contributed by atoms with E-state index < -0.39 is 11.7 Å². The van der Waals surface area contributed by atoms with E-state index in [1.165, 1.54) is 12.3 Å². The molecule has 0 bridgehead atoms. The molecule has 0 aliphatic carbocycles. The SMILES string of the molecule is CC(C)(C)OC(=O)Nc1ccc(-c2cc3cn[nH]c3cc2F)cn1. The lowest BCUT2D eigenvalue weighted by atomic mass is 10.1. The normalized spacial score (nSPS) is 11.5. The van der Waals surface area contributed by atoms with Crippen molar-refractivity contribution in [1.29, 1.82) is 0 Å². The minimum Gasteiger partial charge on any atom is -0.444 e. The Kier molecular flexibility index (Phi) is 3.92. The van der Waals surface area contributed by atoms with Gasteiger partial charge in [-0.15, -0.1) is 0 Å². The molecule has 0 saturated carbocycles. The van der Waals surface area contributed by atoms with Crippen LogP contribution in [0.4, 0.5) is 15.0 Å². The molecule has 0 atom stereocenters. The highest BCUT2D eigenvalue weighted by atomic mass is 19.1. The molecule has 1 amide bonds. The van der Waals surface area contributed by atoms with E-state index >= 15 is 0 Å². The van der Waals surface area contributed by atoms with Crippen LogP contribution in [0.3, 0.4) is 0 Å². The summed E-state index contributed by atoms with van der Waals surface area (Å²) in [6.45, 7) is 5.33. The minimum atomic E-state index is -0.590. The molecule has 6 nitrogen and oxygen atoms in total. The van der Waals surface area contributed by atoms with Crippen LogP contribution in [0.15, 0.2) is 36.7 Å². The summed E-state index contributed by atoms with van der Waals surface area (Å²) in [4.78, 5) is 15.8. The number of nitrogens with zero attached hydrogens (tertiary/aromatic N) is 2. The number of anilines is 1. The van der Waals surface area contributed by atoms with E-state index in [0.717, 1.165) is 5.39 Å². The molecule has 2 heterocycles. The molecular formula is C17H17FN4O2. The lowest BCUT2D eigenvalue weighted by Crippen LogP contribution is -2.27. The van der Waals surface area contributed by atoms with Crippen molar-refractivity contribution in [2.75, 3.05) is 5.32 Å². The van der Waals surface area contributed by atoms with E-state index in [-0.39, 0.29) is 5.82 Å². The second-order valence-electron chi connectivity index (χ2n) is 6.35. The summed E-state index contributed by atoms with van der Waals surface area (Å²) in [6, 6.07) is 6.37. The van der Waals surface area contributed by atoms with Gasteiger partial charge in [0.15, 0.2) is 0 Å². The maximum Gasteiger partial charge on any atom is 0.413 e. The van der Waals surface area contributed by atoms with Gasteiger partial charge in [0.1, 0.15) is 17.2 Å². The van der Waals surface area contributed by atoms with E-state index in [0.29, 0.717) is 22.5 Å². The number of carbonyl (C=O) groups excluding carboxylic acids is 1. The van der Waals surface area contributed by atoms with Gasteiger partial charge in [-0.05, 0) is 39.0 Å². The van der Waals surface area contributed by atoms with Crippen molar-refractivity contribution in [2.24, 2.45) is 0 Å². The number of hydrogen-bond acceptors (Lipinski definition) is 4. The first kappa shape index (κ1) is 15.9. The third kappa shape index (κ3) is 3.51. The zero-order valence-corrected chi connectivity index (χ0v) is 13.6. The number of hydrogen-bond donors (Lipinski definition) is 2. The number of aromatic nitrogens is 3. The van der Waals surface area contributed by atoms with E-state index in [4.69, 9.17) is 4.74 Å². The number of rotatable bonds is 2. The number of pyridine rings is 1.